The average Bonchev–Trinajstić information content (AvgIpc) is 1.14. The third kappa shape index (κ3) is 9.74. The summed E-state index contributed by atoms with van der Waals surface area (Å²) in [7, 11) is 0. The Balaban J connectivity index is 3.75. The van der Waals surface area contributed by atoms with Gasteiger partial charge in [-0.05, 0) is 0 Å². The van der Waals surface area contributed by atoms with Gasteiger partial charge in [0.25, 0.3) is 0 Å². The van der Waals surface area contributed by atoms with Crippen LogP contribution in [0.2, 0.25) is 0 Å². The minimum Gasteiger partial charge on any atom is -0.0832 e. The van der Waals surface area contributed by atoms with E-state index in [1.165, 1.54) is 0 Å². The molecule has 0 rings (SSSR count). The second-order valence-corrected chi connectivity index (χ2v) is 5.97. The standard InChI is InChI=1S/C3HCl6/c4-2(5,6)1-3(7,8)9/h1H. The van der Waals surface area contributed by atoms with Crippen molar-refractivity contribution in [3.05, 3.63) is 6.42 Å². The maximum absolute atomic E-state index is 5.24. The molecular weight excluding hydrogens is 249 g/mol. The summed E-state index contributed by atoms with van der Waals surface area (Å²) < 4.78 is -3.24. The van der Waals surface area contributed by atoms with E-state index in [9.17, 15) is 0 Å². The summed E-state index contributed by atoms with van der Waals surface area (Å²) in [5.41, 5.74) is 0. The number of halogens is 6. The van der Waals surface area contributed by atoms with Gasteiger partial charge in [-0.25, -0.2) is 0 Å². The van der Waals surface area contributed by atoms with E-state index in [0.29, 0.717) is 0 Å². The molecule has 0 atom stereocenters. The van der Waals surface area contributed by atoms with Crippen molar-refractivity contribution >= 4 is 69.6 Å². The second kappa shape index (κ2) is 3.42. The Morgan fingerprint density at radius 3 is 0.889 bits per heavy atom. The van der Waals surface area contributed by atoms with Crippen molar-refractivity contribution in [2.75, 3.05) is 0 Å². The van der Waals surface area contributed by atoms with Crippen molar-refractivity contribution in [3.63, 3.8) is 0 Å². The van der Waals surface area contributed by atoms with E-state index >= 15 is 0 Å². The molecule has 0 heterocycles. The minimum atomic E-state index is -1.62. The summed E-state index contributed by atoms with van der Waals surface area (Å²) in [6, 6.07) is 0. The van der Waals surface area contributed by atoms with Crippen LogP contribution in [-0.2, 0) is 0 Å². The van der Waals surface area contributed by atoms with Crippen LogP contribution in [0.25, 0.3) is 0 Å². The molecule has 6 heteroatoms. The first-order valence-electron chi connectivity index (χ1n) is 1.71. The maximum atomic E-state index is 5.24. The molecule has 0 saturated heterocycles. The highest BCUT2D eigenvalue weighted by atomic mass is 35.6. The first kappa shape index (κ1) is 10.7. The van der Waals surface area contributed by atoms with E-state index in [2.05, 4.69) is 0 Å². The summed E-state index contributed by atoms with van der Waals surface area (Å²) in [6.45, 7) is 0. The maximum Gasteiger partial charge on any atom is 0.198 e. The van der Waals surface area contributed by atoms with Crippen LogP contribution in [0.3, 0.4) is 0 Å². The molecule has 0 aromatic carbocycles. The molecule has 0 nitrogen and oxygen atoms in total. The zero-order valence-electron chi connectivity index (χ0n) is 3.85. The lowest BCUT2D eigenvalue weighted by Crippen LogP contribution is -2.15. The normalized spacial score (nSPS) is 14.0. The SMILES string of the molecule is ClC(Cl)(Cl)[CH]C(Cl)(Cl)Cl. The first-order valence-corrected chi connectivity index (χ1v) is 3.98. The Kier molecular flexibility index (Phi) is 4.09. The van der Waals surface area contributed by atoms with Crippen LogP contribution >= 0.6 is 69.6 Å². The highest BCUT2D eigenvalue weighted by molar-refractivity contribution is 6.74. The molecule has 0 N–H and O–H groups in total. The minimum absolute atomic E-state index is 0.968. The van der Waals surface area contributed by atoms with Crippen molar-refractivity contribution in [3.8, 4) is 0 Å². The summed E-state index contributed by atoms with van der Waals surface area (Å²) in [5, 5.41) is 0. The molecule has 0 aliphatic heterocycles. The second-order valence-electron chi connectivity index (χ2n) is 1.23. The van der Waals surface area contributed by atoms with Crippen molar-refractivity contribution < 1.29 is 0 Å². The van der Waals surface area contributed by atoms with E-state index in [0.717, 1.165) is 6.42 Å². The number of hydrogen-bond acceptors (Lipinski definition) is 0. The van der Waals surface area contributed by atoms with Crippen LogP contribution < -0.4 is 0 Å². The zero-order valence-corrected chi connectivity index (χ0v) is 8.38. The highest BCUT2D eigenvalue weighted by Gasteiger charge is 2.33. The van der Waals surface area contributed by atoms with Gasteiger partial charge in [-0.1, -0.05) is 69.6 Å². The van der Waals surface area contributed by atoms with E-state index < -0.39 is 7.59 Å². The zero-order chi connectivity index (χ0) is 7.71. The summed E-state index contributed by atoms with van der Waals surface area (Å²) >= 11 is 31.4. The van der Waals surface area contributed by atoms with Crippen molar-refractivity contribution in [2.24, 2.45) is 0 Å². The largest absolute Gasteiger partial charge is 0.198 e. The molecule has 0 bridgehead atoms. The summed E-state index contributed by atoms with van der Waals surface area (Å²) in [5.74, 6) is 0. The monoisotopic (exact) mass is 247 g/mol. The third-order valence-electron chi connectivity index (χ3n) is 0.327. The van der Waals surface area contributed by atoms with Gasteiger partial charge in [0, 0.05) is 0 Å². The number of rotatable bonds is 0. The topological polar surface area (TPSA) is 0 Å². The molecule has 0 aliphatic carbocycles. The molecule has 0 aliphatic rings. The van der Waals surface area contributed by atoms with Gasteiger partial charge < -0.3 is 0 Å². The van der Waals surface area contributed by atoms with Crippen molar-refractivity contribution in [1.29, 1.82) is 0 Å². The molecule has 0 aromatic rings. The molecular formula is C3HCl6. The number of alkyl halides is 6. The lowest BCUT2D eigenvalue weighted by molar-refractivity contribution is 1.14. The van der Waals surface area contributed by atoms with Crippen LogP contribution in [0.1, 0.15) is 0 Å². The van der Waals surface area contributed by atoms with E-state index in [1.54, 1.807) is 0 Å². The molecule has 0 unspecified atom stereocenters. The quantitative estimate of drug-likeness (QED) is 0.571. The fourth-order valence-corrected chi connectivity index (χ4v) is 1.67. The Morgan fingerprint density at radius 1 is 0.667 bits per heavy atom. The van der Waals surface area contributed by atoms with Gasteiger partial charge in [0.2, 0.25) is 0 Å². The van der Waals surface area contributed by atoms with Gasteiger partial charge in [-0.15, -0.1) is 0 Å². The van der Waals surface area contributed by atoms with Crippen molar-refractivity contribution in [1.82, 2.24) is 0 Å². The molecule has 0 fully saturated rings. The first-order chi connectivity index (χ1) is 3.71. The summed E-state index contributed by atoms with van der Waals surface area (Å²) in [4.78, 5) is 0. The van der Waals surface area contributed by atoms with Gasteiger partial charge in [0.05, 0.1) is 6.42 Å². The molecule has 0 aromatic heterocycles. The Morgan fingerprint density at radius 2 is 0.889 bits per heavy atom. The Hall–Kier alpha value is 1.74. The van der Waals surface area contributed by atoms with Gasteiger partial charge in [0.15, 0.2) is 7.59 Å². The highest BCUT2D eigenvalue weighted by Crippen LogP contribution is 2.41. The van der Waals surface area contributed by atoms with Crippen LogP contribution in [0.4, 0.5) is 0 Å². The molecule has 1 radical (unpaired) electrons. The van der Waals surface area contributed by atoms with Crippen LogP contribution in [0.15, 0.2) is 0 Å². The lowest BCUT2D eigenvalue weighted by Gasteiger charge is -2.15. The smallest absolute Gasteiger partial charge is 0.0832 e. The third-order valence-corrected chi connectivity index (χ3v) is 0.982. The average molecular weight is 250 g/mol. The van der Waals surface area contributed by atoms with E-state index in [4.69, 9.17) is 69.6 Å². The fourth-order valence-electron chi connectivity index (χ4n) is 0.186. The lowest BCUT2D eigenvalue weighted by atomic mass is 10.5. The van der Waals surface area contributed by atoms with Crippen LogP contribution in [0.5, 0.6) is 0 Å². The predicted octanol–water partition coefficient (Wildman–Crippen LogP) is 3.93. The molecule has 9 heavy (non-hydrogen) atoms. The number of hydrogen-bond donors (Lipinski definition) is 0. The van der Waals surface area contributed by atoms with E-state index in [1.807, 2.05) is 0 Å². The van der Waals surface area contributed by atoms with Crippen molar-refractivity contribution in [2.45, 2.75) is 7.59 Å². The fraction of sp³-hybridized carbons (Fsp3) is 0.667. The van der Waals surface area contributed by atoms with E-state index in [-0.39, 0.29) is 0 Å². The molecule has 55 valence electrons. The van der Waals surface area contributed by atoms with Crippen LogP contribution in [0, 0.1) is 6.42 Å². The van der Waals surface area contributed by atoms with Gasteiger partial charge in [0.1, 0.15) is 0 Å². The van der Waals surface area contributed by atoms with Crippen LogP contribution in [-0.4, -0.2) is 7.59 Å². The van der Waals surface area contributed by atoms with Gasteiger partial charge in [-0.3, -0.25) is 0 Å². The van der Waals surface area contributed by atoms with Gasteiger partial charge >= 0.3 is 0 Å². The predicted molar refractivity (Wildman–Crippen MR) is 44.9 cm³/mol. The molecule has 0 saturated carbocycles. The van der Waals surface area contributed by atoms with Gasteiger partial charge in [-0.2, -0.15) is 0 Å². The Labute approximate surface area is 83.3 Å². The Bertz CT molecular complexity index is 73.5. The summed E-state index contributed by atoms with van der Waals surface area (Å²) in [6.07, 6.45) is 0.968. The molecule has 0 spiro atoms. The molecule has 0 amide bonds.